The topological polar surface area (TPSA) is 61.9 Å². The van der Waals surface area contributed by atoms with Gasteiger partial charge in [-0.3, -0.25) is 9.59 Å². The van der Waals surface area contributed by atoms with Gasteiger partial charge in [0, 0.05) is 31.5 Å². The molecule has 2 amide bonds. The predicted octanol–water partition coefficient (Wildman–Crippen LogP) is 1.74. The number of fused-ring (bicyclic) bond motifs is 1. The molecule has 0 bridgehead atoms. The number of benzene rings is 1. The molecule has 2 atom stereocenters. The van der Waals surface area contributed by atoms with Crippen molar-refractivity contribution in [2.75, 3.05) is 40.3 Å². The molecule has 26 heavy (non-hydrogen) atoms. The number of carbonyl (C=O) groups excluding carboxylic acids is 2. The van der Waals surface area contributed by atoms with Crippen molar-refractivity contribution in [3.63, 3.8) is 0 Å². The average molecular weight is 359 g/mol. The molecule has 6 heteroatoms. The maximum atomic E-state index is 12.7. The van der Waals surface area contributed by atoms with E-state index < -0.39 is 0 Å². The summed E-state index contributed by atoms with van der Waals surface area (Å²) in [6.07, 6.45) is 2.01. The molecule has 2 aliphatic rings. The van der Waals surface area contributed by atoms with Crippen molar-refractivity contribution >= 4 is 11.8 Å². The first-order chi connectivity index (χ1) is 12.4. The molecule has 0 radical (unpaired) electrons. The highest BCUT2D eigenvalue weighted by Crippen LogP contribution is 2.33. The summed E-state index contributed by atoms with van der Waals surface area (Å²) in [6.45, 7) is 4.83. The molecule has 0 saturated carbocycles. The zero-order valence-electron chi connectivity index (χ0n) is 16.0. The standard InChI is InChI=1S/C20H29N3O3/c1-14-5-6-18-16(11-14)17(7-10-26-18)21-20(25)15-12-19(24)23(13-15)9-4-8-22(2)3/h5-6,11,15,17H,4,7-10,12-13H2,1-3H3,(H,21,25). The molecule has 3 rings (SSSR count). The van der Waals surface area contributed by atoms with Gasteiger partial charge in [-0.2, -0.15) is 0 Å². The summed E-state index contributed by atoms with van der Waals surface area (Å²) in [5.74, 6) is 0.665. The van der Waals surface area contributed by atoms with Gasteiger partial charge in [0.25, 0.3) is 0 Å². The summed E-state index contributed by atoms with van der Waals surface area (Å²) >= 11 is 0. The molecular weight excluding hydrogens is 330 g/mol. The zero-order chi connectivity index (χ0) is 18.7. The Morgan fingerprint density at radius 3 is 2.96 bits per heavy atom. The van der Waals surface area contributed by atoms with Crippen molar-refractivity contribution < 1.29 is 14.3 Å². The number of likely N-dealkylation sites (tertiary alicyclic amines) is 1. The number of nitrogens with zero attached hydrogens (tertiary/aromatic N) is 2. The van der Waals surface area contributed by atoms with Gasteiger partial charge in [0.15, 0.2) is 0 Å². The Morgan fingerprint density at radius 2 is 2.19 bits per heavy atom. The molecule has 2 aliphatic heterocycles. The fraction of sp³-hybridized carbons (Fsp3) is 0.600. The van der Waals surface area contributed by atoms with Gasteiger partial charge in [0.1, 0.15) is 5.75 Å². The number of nitrogens with one attached hydrogen (secondary N) is 1. The van der Waals surface area contributed by atoms with Crippen LogP contribution in [0.15, 0.2) is 18.2 Å². The molecule has 0 aromatic heterocycles. The Balaban J connectivity index is 1.58. The monoisotopic (exact) mass is 359 g/mol. The maximum Gasteiger partial charge on any atom is 0.225 e. The van der Waals surface area contributed by atoms with Crippen LogP contribution < -0.4 is 10.1 Å². The lowest BCUT2D eigenvalue weighted by atomic mass is 9.97. The highest BCUT2D eigenvalue weighted by atomic mass is 16.5. The third kappa shape index (κ3) is 4.36. The molecule has 1 fully saturated rings. The Hall–Kier alpha value is -2.08. The molecule has 1 aromatic carbocycles. The summed E-state index contributed by atoms with van der Waals surface area (Å²) in [7, 11) is 4.05. The molecule has 2 heterocycles. The first kappa shape index (κ1) is 18.7. The number of rotatable bonds is 6. The largest absolute Gasteiger partial charge is 0.493 e. The van der Waals surface area contributed by atoms with Gasteiger partial charge in [-0.05, 0) is 40.1 Å². The summed E-state index contributed by atoms with van der Waals surface area (Å²) < 4.78 is 5.70. The van der Waals surface area contributed by atoms with Crippen LogP contribution in [-0.4, -0.2) is 62.0 Å². The molecule has 1 saturated heterocycles. The molecule has 142 valence electrons. The van der Waals surface area contributed by atoms with Crippen molar-refractivity contribution in [2.24, 2.45) is 5.92 Å². The van der Waals surface area contributed by atoms with E-state index in [9.17, 15) is 9.59 Å². The number of hydrogen-bond donors (Lipinski definition) is 1. The highest BCUT2D eigenvalue weighted by Gasteiger charge is 2.35. The Morgan fingerprint density at radius 1 is 1.38 bits per heavy atom. The van der Waals surface area contributed by atoms with Gasteiger partial charge in [0.2, 0.25) is 11.8 Å². The van der Waals surface area contributed by atoms with Crippen LogP contribution >= 0.6 is 0 Å². The Labute approximate surface area is 155 Å². The summed E-state index contributed by atoms with van der Waals surface area (Å²) in [5.41, 5.74) is 2.19. The van der Waals surface area contributed by atoms with Crippen molar-refractivity contribution in [2.45, 2.75) is 32.2 Å². The fourth-order valence-corrected chi connectivity index (χ4v) is 3.70. The van der Waals surface area contributed by atoms with E-state index in [0.717, 1.165) is 42.8 Å². The normalized spacial score (nSPS) is 22.3. The maximum absolute atomic E-state index is 12.7. The van der Waals surface area contributed by atoms with E-state index >= 15 is 0 Å². The van der Waals surface area contributed by atoms with Crippen LogP contribution in [0.25, 0.3) is 0 Å². The quantitative estimate of drug-likeness (QED) is 0.840. The molecule has 1 N–H and O–H groups in total. The predicted molar refractivity (Wildman–Crippen MR) is 100 cm³/mol. The Bertz CT molecular complexity index is 674. The van der Waals surface area contributed by atoms with Gasteiger partial charge in [-0.15, -0.1) is 0 Å². The minimum Gasteiger partial charge on any atom is -0.493 e. The molecule has 6 nitrogen and oxygen atoms in total. The minimum absolute atomic E-state index is 0.0205. The van der Waals surface area contributed by atoms with Crippen molar-refractivity contribution in [3.05, 3.63) is 29.3 Å². The SMILES string of the molecule is Cc1ccc2c(c1)C(NC(=O)C1CC(=O)N(CCCN(C)C)C1)CCO2. The van der Waals surface area contributed by atoms with Crippen LogP contribution in [-0.2, 0) is 9.59 Å². The fourth-order valence-electron chi connectivity index (χ4n) is 3.70. The Kier molecular flexibility index (Phi) is 5.81. The first-order valence-electron chi connectivity index (χ1n) is 9.40. The van der Waals surface area contributed by atoms with Crippen LogP contribution in [0.4, 0.5) is 0 Å². The van der Waals surface area contributed by atoms with E-state index in [1.54, 1.807) is 0 Å². The smallest absolute Gasteiger partial charge is 0.225 e. The van der Waals surface area contributed by atoms with E-state index in [4.69, 9.17) is 4.74 Å². The van der Waals surface area contributed by atoms with Gasteiger partial charge in [0.05, 0.1) is 18.6 Å². The lowest BCUT2D eigenvalue weighted by molar-refractivity contribution is -0.129. The number of carbonyl (C=O) groups is 2. The second kappa shape index (κ2) is 8.08. The van der Waals surface area contributed by atoms with Crippen molar-refractivity contribution in [1.29, 1.82) is 0 Å². The summed E-state index contributed by atoms with van der Waals surface area (Å²) in [4.78, 5) is 28.9. The lowest BCUT2D eigenvalue weighted by Gasteiger charge is -2.28. The molecule has 1 aromatic rings. The highest BCUT2D eigenvalue weighted by molar-refractivity contribution is 5.89. The second-order valence-corrected chi connectivity index (χ2v) is 7.64. The number of ether oxygens (including phenoxy) is 1. The molecule has 2 unspecified atom stereocenters. The minimum atomic E-state index is -0.252. The van der Waals surface area contributed by atoms with E-state index in [0.29, 0.717) is 19.6 Å². The third-order valence-corrected chi connectivity index (χ3v) is 5.14. The summed E-state index contributed by atoms with van der Waals surface area (Å²) in [6, 6.07) is 6.02. The number of hydrogen-bond acceptors (Lipinski definition) is 4. The second-order valence-electron chi connectivity index (χ2n) is 7.64. The van der Waals surface area contributed by atoms with Crippen LogP contribution in [0, 0.1) is 12.8 Å². The van der Waals surface area contributed by atoms with Crippen LogP contribution in [0.3, 0.4) is 0 Å². The molecule has 0 spiro atoms. The average Bonchev–Trinajstić information content (AvgIpc) is 2.96. The summed E-state index contributed by atoms with van der Waals surface area (Å²) in [5, 5.41) is 3.15. The molecular formula is C20H29N3O3. The van der Waals surface area contributed by atoms with Gasteiger partial charge < -0.3 is 19.9 Å². The van der Waals surface area contributed by atoms with E-state index in [1.807, 2.05) is 38.1 Å². The van der Waals surface area contributed by atoms with Gasteiger partial charge in [-0.25, -0.2) is 0 Å². The molecule has 0 aliphatic carbocycles. The zero-order valence-corrected chi connectivity index (χ0v) is 16.0. The van der Waals surface area contributed by atoms with Crippen molar-refractivity contribution in [3.8, 4) is 5.75 Å². The van der Waals surface area contributed by atoms with Crippen molar-refractivity contribution in [1.82, 2.24) is 15.1 Å². The van der Waals surface area contributed by atoms with Gasteiger partial charge in [-0.1, -0.05) is 17.7 Å². The van der Waals surface area contributed by atoms with Gasteiger partial charge >= 0.3 is 0 Å². The van der Waals surface area contributed by atoms with Crippen LogP contribution in [0.2, 0.25) is 0 Å². The lowest BCUT2D eigenvalue weighted by Crippen LogP contribution is -2.37. The van der Waals surface area contributed by atoms with E-state index in [1.165, 1.54) is 0 Å². The third-order valence-electron chi connectivity index (χ3n) is 5.14. The van der Waals surface area contributed by atoms with E-state index in [-0.39, 0.29) is 23.8 Å². The van der Waals surface area contributed by atoms with Crippen LogP contribution in [0.5, 0.6) is 5.75 Å². The first-order valence-corrected chi connectivity index (χ1v) is 9.40. The van der Waals surface area contributed by atoms with Crippen LogP contribution in [0.1, 0.15) is 36.4 Å². The van der Waals surface area contributed by atoms with E-state index in [2.05, 4.69) is 16.3 Å². The number of amides is 2. The number of aryl methyl sites for hydroxylation is 1.